The summed E-state index contributed by atoms with van der Waals surface area (Å²) in [6.45, 7) is 7.53. The van der Waals surface area contributed by atoms with Crippen LogP contribution in [0.5, 0.6) is 0 Å². The highest BCUT2D eigenvalue weighted by molar-refractivity contribution is 7.80. The number of hydrogen-bond donors (Lipinski definition) is 1. The third-order valence-corrected chi connectivity index (χ3v) is 4.33. The van der Waals surface area contributed by atoms with Crippen LogP contribution in [-0.4, -0.2) is 58.4 Å². The van der Waals surface area contributed by atoms with Gasteiger partial charge in [0.25, 0.3) is 5.91 Å². The van der Waals surface area contributed by atoms with E-state index in [0.717, 1.165) is 41.8 Å². The van der Waals surface area contributed by atoms with Crippen molar-refractivity contribution in [1.29, 1.82) is 0 Å². The highest BCUT2D eigenvalue weighted by Gasteiger charge is 2.24. The summed E-state index contributed by atoms with van der Waals surface area (Å²) >= 11 is 6.37. The lowest BCUT2D eigenvalue weighted by molar-refractivity contribution is 0.0658. The minimum absolute atomic E-state index is 0.0954. The fourth-order valence-corrected chi connectivity index (χ4v) is 3.27. The number of piperazine rings is 1. The van der Waals surface area contributed by atoms with Crippen molar-refractivity contribution in [2.75, 3.05) is 32.7 Å². The number of nitrogens with zero attached hydrogens (tertiary/aromatic N) is 3. The van der Waals surface area contributed by atoms with Crippen LogP contribution in [0.4, 0.5) is 0 Å². The molecule has 2 N–H and O–H groups in total. The Morgan fingerprint density at radius 3 is 2.47 bits per heavy atom. The standard InChI is InChI=1S/C12H18N4OS2/c1-8-11(19-9(2)14-8)12(17)16-5-3-15(4-6-16)7-10(13)18/h3-7H2,1-2H3,(H2,13,18). The van der Waals surface area contributed by atoms with Crippen molar-refractivity contribution in [3.8, 4) is 0 Å². The third kappa shape index (κ3) is 3.49. The normalized spacial score (nSPS) is 16.6. The molecule has 0 aromatic carbocycles. The molecule has 19 heavy (non-hydrogen) atoms. The Kier molecular flexibility index (Phi) is 4.49. The fourth-order valence-electron chi connectivity index (χ4n) is 2.20. The number of hydrogen-bond acceptors (Lipinski definition) is 5. The second-order valence-corrected chi connectivity index (χ2v) is 6.41. The summed E-state index contributed by atoms with van der Waals surface area (Å²) < 4.78 is 0. The predicted octanol–water partition coefficient (Wildman–Crippen LogP) is 0.804. The van der Waals surface area contributed by atoms with Crippen molar-refractivity contribution >= 4 is 34.5 Å². The van der Waals surface area contributed by atoms with Gasteiger partial charge in [-0.2, -0.15) is 0 Å². The van der Waals surface area contributed by atoms with Crippen LogP contribution in [0, 0.1) is 13.8 Å². The van der Waals surface area contributed by atoms with Crippen LogP contribution in [0.25, 0.3) is 0 Å². The van der Waals surface area contributed by atoms with E-state index in [1.165, 1.54) is 11.3 Å². The summed E-state index contributed by atoms with van der Waals surface area (Å²) in [7, 11) is 0. The molecule has 1 aromatic heterocycles. The molecule has 0 saturated carbocycles. The summed E-state index contributed by atoms with van der Waals surface area (Å²) in [5, 5.41) is 0.938. The van der Waals surface area contributed by atoms with Gasteiger partial charge in [0.1, 0.15) is 4.88 Å². The van der Waals surface area contributed by atoms with Gasteiger partial charge in [-0.1, -0.05) is 12.2 Å². The van der Waals surface area contributed by atoms with Gasteiger partial charge in [0.15, 0.2) is 0 Å². The fraction of sp³-hybridized carbons (Fsp3) is 0.583. The molecular formula is C12H18N4OS2. The van der Waals surface area contributed by atoms with E-state index < -0.39 is 0 Å². The number of aryl methyl sites for hydroxylation is 2. The van der Waals surface area contributed by atoms with Gasteiger partial charge in [0, 0.05) is 32.7 Å². The van der Waals surface area contributed by atoms with Gasteiger partial charge in [-0.3, -0.25) is 9.69 Å². The van der Waals surface area contributed by atoms with Crippen LogP contribution >= 0.6 is 23.6 Å². The Morgan fingerprint density at radius 2 is 2.00 bits per heavy atom. The second-order valence-electron chi connectivity index (χ2n) is 4.68. The van der Waals surface area contributed by atoms with E-state index in [1.807, 2.05) is 18.7 Å². The largest absolute Gasteiger partial charge is 0.392 e. The van der Waals surface area contributed by atoms with Crippen molar-refractivity contribution < 1.29 is 4.79 Å². The summed E-state index contributed by atoms with van der Waals surface area (Å²) in [4.78, 5) is 22.0. The Morgan fingerprint density at radius 1 is 1.37 bits per heavy atom. The first-order valence-electron chi connectivity index (χ1n) is 6.21. The highest BCUT2D eigenvalue weighted by atomic mass is 32.1. The first-order chi connectivity index (χ1) is 8.97. The zero-order valence-electron chi connectivity index (χ0n) is 11.2. The molecule has 2 rings (SSSR count). The van der Waals surface area contributed by atoms with Crippen LogP contribution in [0.1, 0.15) is 20.4 Å². The maximum absolute atomic E-state index is 12.4. The topological polar surface area (TPSA) is 62.5 Å². The molecule has 0 aliphatic carbocycles. The van der Waals surface area contributed by atoms with Gasteiger partial charge < -0.3 is 10.6 Å². The molecule has 0 atom stereocenters. The Labute approximate surface area is 122 Å². The lowest BCUT2D eigenvalue weighted by atomic mass is 10.2. The van der Waals surface area contributed by atoms with Crippen molar-refractivity contribution in [2.45, 2.75) is 13.8 Å². The van der Waals surface area contributed by atoms with Gasteiger partial charge in [-0.25, -0.2) is 4.98 Å². The molecule has 1 amide bonds. The molecule has 0 radical (unpaired) electrons. The molecule has 1 aromatic rings. The van der Waals surface area contributed by atoms with Gasteiger partial charge in [-0.05, 0) is 13.8 Å². The Bertz CT molecular complexity index is 492. The van der Waals surface area contributed by atoms with Gasteiger partial charge in [-0.15, -0.1) is 11.3 Å². The Hall–Kier alpha value is -1.05. The lowest BCUT2D eigenvalue weighted by Gasteiger charge is -2.34. The summed E-state index contributed by atoms with van der Waals surface area (Å²) in [6, 6.07) is 0. The van der Waals surface area contributed by atoms with E-state index in [4.69, 9.17) is 18.0 Å². The lowest BCUT2D eigenvalue weighted by Crippen LogP contribution is -2.50. The molecule has 0 spiro atoms. The minimum Gasteiger partial charge on any atom is -0.392 e. The van der Waals surface area contributed by atoms with E-state index in [0.29, 0.717) is 11.5 Å². The molecule has 1 fully saturated rings. The molecule has 1 aliphatic rings. The number of rotatable bonds is 3. The molecule has 104 valence electrons. The van der Waals surface area contributed by atoms with Gasteiger partial charge in [0.2, 0.25) is 0 Å². The number of aromatic nitrogens is 1. The van der Waals surface area contributed by atoms with Gasteiger partial charge >= 0.3 is 0 Å². The number of nitrogens with two attached hydrogens (primary N) is 1. The predicted molar refractivity (Wildman–Crippen MR) is 80.7 cm³/mol. The quantitative estimate of drug-likeness (QED) is 0.837. The molecular weight excluding hydrogens is 280 g/mol. The Balaban J connectivity index is 1.96. The van der Waals surface area contributed by atoms with Crippen LogP contribution < -0.4 is 5.73 Å². The van der Waals surface area contributed by atoms with Crippen LogP contribution in [0.3, 0.4) is 0 Å². The smallest absolute Gasteiger partial charge is 0.265 e. The van der Waals surface area contributed by atoms with Crippen molar-refractivity contribution in [1.82, 2.24) is 14.8 Å². The summed E-state index contributed by atoms with van der Waals surface area (Å²) in [5.74, 6) is 0.0954. The number of thiazole rings is 1. The summed E-state index contributed by atoms with van der Waals surface area (Å²) in [5.41, 5.74) is 6.37. The first-order valence-corrected chi connectivity index (χ1v) is 7.44. The van der Waals surface area contributed by atoms with E-state index in [9.17, 15) is 4.79 Å². The van der Waals surface area contributed by atoms with Crippen molar-refractivity contribution in [3.63, 3.8) is 0 Å². The molecule has 0 bridgehead atoms. The van der Waals surface area contributed by atoms with E-state index in [1.54, 1.807) is 0 Å². The van der Waals surface area contributed by atoms with E-state index in [2.05, 4.69) is 9.88 Å². The summed E-state index contributed by atoms with van der Waals surface area (Å²) in [6.07, 6.45) is 0. The molecule has 1 saturated heterocycles. The average molecular weight is 298 g/mol. The SMILES string of the molecule is Cc1nc(C)c(C(=O)N2CCN(CC(N)=S)CC2)s1. The second kappa shape index (κ2) is 5.94. The zero-order chi connectivity index (χ0) is 14.0. The highest BCUT2D eigenvalue weighted by Crippen LogP contribution is 2.20. The molecule has 0 unspecified atom stereocenters. The van der Waals surface area contributed by atoms with E-state index in [-0.39, 0.29) is 5.91 Å². The molecule has 2 heterocycles. The number of carbonyl (C=O) groups excluding carboxylic acids is 1. The van der Waals surface area contributed by atoms with Crippen LogP contribution in [0.15, 0.2) is 0 Å². The van der Waals surface area contributed by atoms with Gasteiger partial charge in [0.05, 0.1) is 15.7 Å². The monoisotopic (exact) mass is 298 g/mol. The molecule has 1 aliphatic heterocycles. The maximum atomic E-state index is 12.4. The number of thiocarbonyl (C=S) groups is 1. The minimum atomic E-state index is 0.0954. The van der Waals surface area contributed by atoms with Crippen molar-refractivity contribution in [3.05, 3.63) is 15.6 Å². The number of carbonyl (C=O) groups is 1. The molecule has 5 nitrogen and oxygen atoms in total. The average Bonchev–Trinajstić information content (AvgIpc) is 2.68. The third-order valence-electron chi connectivity index (χ3n) is 3.14. The zero-order valence-corrected chi connectivity index (χ0v) is 12.8. The van der Waals surface area contributed by atoms with E-state index >= 15 is 0 Å². The van der Waals surface area contributed by atoms with Crippen molar-refractivity contribution in [2.24, 2.45) is 5.73 Å². The first kappa shape index (κ1) is 14.4. The molecule has 7 heteroatoms. The number of amides is 1. The van der Waals surface area contributed by atoms with Crippen LogP contribution in [0.2, 0.25) is 0 Å². The maximum Gasteiger partial charge on any atom is 0.265 e. The van der Waals surface area contributed by atoms with Crippen LogP contribution in [-0.2, 0) is 0 Å².